The normalized spacial score (nSPS) is 8.54. The number of hydrogen-bond acceptors (Lipinski definition) is 2. The SMILES string of the molecule is CCCCc1ccccc1.OBO. The van der Waals surface area contributed by atoms with Crippen LogP contribution in [-0.2, 0) is 6.42 Å². The zero-order valence-electron chi connectivity index (χ0n) is 8.11. The molecule has 1 rings (SSSR count). The summed E-state index contributed by atoms with van der Waals surface area (Å²) in [5, 5.41) is 14.2. The fourth-order valence-corrected chi connectivity index (χ4v) is 1.03. The van der Waals surface area contributed by atoms with Crippen molar-refractivity contribution in [2.45, 2.75) is 26.2 Å². The Balaban J connectivity index is 0.000000424. The smallest absolute Gasteiger partial charge is 0.430 e. The molecule has 0 bridgehead atoms. The summed E-state index contributed by atoms with van der Waals surface area (Å²) in [6.07, 6.45) is 3.83. The van der Waals surface area contributed by atoms with E-state index in [-0.39, 0.29) is 0 Å². The Morgan fingerprint density at radius 2 is 1.69 bits per heavy atom. The van der Waals surface area contributed by atoms with Gasteiger partial charge in [0.2, 0.25) is 0 Å². The fraction of sp³-hybridized carbons (Fsp3) is 0.400. The van der Waals surface area contributed by atoms with E-state index >= 15 is 0 Å². The molecule has 0 aliphatic rings. The first-order chi connectivity index (χ1) is 6.35. The predicted molar refractivity (Wildman–Crippen MR) is 56.6 cm³/mol. The van der Waals surface area contributed by atoms with Gasteiger partial charge in [0, 0.05) is 0 Å². The van der Waals surface area contributed by atoms with Crippen molar-refractivity contribution in [1.29, 1.82) is 0 Å². The van der Waals surface area contributed by atoms with Crippen LogP contribution in [-0.4, -0.2) is 17.7 Å². The van der Waals surface area contributed by atoms with Crippen LogP contribution < -0.4 is 0 Å². The Bertz CT molecular complexity index is 189. The molecular weight excluding hydrogens is 163 g/mol. The molecule has 0 heterocycles. The maximum Gasteiger partial charge on any atom is 0.432 e. The summed E-state index contributed by atoms with van der Waals surface area (Å²) in [6, 6.07) is 10.6. The number of aryl methyl sites for hydroxylation is 1. The van der Waals surface area contributed by atoms with Crippen molar-refractivity contribution in [1.82, 2.24) is 0 Å². The lowest BCUT2D eigenvalue weighted by molar-refractivity contribution is 0.448. The molecule has 1 aromatic carbocycles. The molecule has 0 aliphatic heterocycles. The maximum atomic E-state index is 7.12. The second-order valence-electron chi connectivity index (χ2n) is 2.73. The molecule has 2 nitrogen and oxygen atoms in total. The number of benzene rings is 1. The van der Waals surface area contributed by atoms with Crippen LogP contribution in [0, 0.1) is 0 Å². The lowest BCUT2D eigenvalue weighted by atomic mass is 10.1. The molecular formula is C10H17BO2. The molecule has 2 N–H and O–H groups in total. The summed E-state index contributed by atoms with van der Waals surface area (Å²) >= 11 is 0. The topological polar surface area (TPSA) is 40.5 Å². The van der Waals surface area contributed by atoms with Crippen LogP contribution in [0.1, 0.15) is 25.3 Å². The summed E-state index contributed by atoms with van der Waals surface area (Å²) in [4.78, 5) is 0. The molecule has 0 amide bonds. The van der Waals surface area contributed by atoms with Crippen molar-refractivity contribution in [2.75, 3.05) is 0 Å². The first kappa shape index (κ1) is 12.2. The lowest BCUT2D eigenvalue weighted by Crippen LogP contribution is -1.81. The highest BCUT2D eigenvalue weighted by atomic mass is 16.4. The van der Waals surface area contributed by atoms with E-state index in [4.69, 9.17) is 10.0 Å². The summed E-state index contributed by atoms with van der Waals surface area (Å²) in [6.45, 7) is 2.23. The van der Waals surface area contributed by atoms with Gasteiger partial charge in [-0.1, -0.05) is 43.7 Å². The van der Waals surface area contributed by atoms with Crippen molar-refractivity contribution in [3.8, 4) is 0 Å². The number of hydrogen-bond donors (Lipinski definition) is 2. The van der Waals surface area contributed by atoms with E-state index in [1.54, 1.807) is 0 Å². The Morgan fingerprint density at radius 1 is 1.15 bits per heavy atom. The van der Waals surface area contributed by atoms with Gasteiger partial charge < -0.3 is 10.0 Å². The molecule has 0 aromatic heterocycles. The van der Waals surface area contributed by atoms with Crippen molar-refractivity contribution in [2.24, 2.45) is 0 Å². The van der Waals surface area contributed by atoms with Gasteiger partial charge in [0.15, 0.2) is 0 Å². The van der Waals surface area contributed by atoms with E-state index in [9.17, 15) is 0 Å². The van der Waals surface area contributed by atoms with Crippen LogP contribution in [0.3, 0.4) is 0 Å². The largest absolute Gasteiger partial charge is 0.432 e. The molecule has 72 valence electrons. The van der Waals surface area contributed by atoms with Gasteiger partial charge in [-0.05, 0) is 18.4 Å². The zero-order chi connectivity index (χ0) is 9.94. The van der Waals surface area contributed by atoms with Crippen LogP contribution >= 0.6 is 0 Å². The van der Waals surface area contributed by atoms with Crippen LogP contribution in [0.25, 0.3) is 0 Å². The second kappa shape index (κ2) is 9.29. The van der Waals surface area contributed by atoms with Gasteiger partial charge in [0.1, 0.15) is 0 Å². The summed E-state index contributed by atoms with van der Waals surface area (Å²) in [5.74, 6) is 0. The summed E-state index contributed by atoms with van der Waals surface area (Å²) < 4.78 is 0. The third kappa shape index (κ3) is 7.56. The molecule has 0 radical (unpaired) electrons. The average Bonchev–Trinajstić information content (AvgIpc) is 2.18. The molecule has 0 atom stereocenters. The Morgan fingerprint density at radius 3 is 2.15 bits per heavy atom. The highest BCUT2D eigenvalue weighted by Gasteiger charge is 1.87. The fourth-order valence-electron chi connectivity index (χ4n) is 1.03. The van der Waals surface area contributed by atoms with E-state index in [2.05, 4.69) is 37.3 Å². The van der Waals surface area contributed by atoms with E-state index < -0.39 is 7.69 Å². The first-order valence-corrected chi connectivity index (χ1v) is 4.60. The third-order valence-electron chi connectivity index (χ3n) is 1.66. The minimum atomic E-state index is -0.750. The number of rotatable bonds is 3. The summed E-state index contributed by atoms with van der Waals surface area (Å²) in [5.41, 5.74) is 1.46. The van der Waals surface area contributed by atoms with Gasteiger partial charge in [-0.2, -0.15) is 0 Å². The van der Waals surface area contributed by atoms with Crippen LogP contribution in [0.2, 0.25) is 0 Å². The van der Waals surface area contributed by atoms with Crippen molar-refractivity contribution in [3.63, 3.8) is 0 Å². The van der Waals surface area contributed by atoms with Crippen molar-refractivity contribution >= 4 is 7.69 Å². The van der Waals surface area contributed by atoms with E-state index in [0.717, 1.165) is 0 Å². The second-order valence-corrected chi connectivity index (χ2v) is 2.73. The lowest BCUT2D eigenvalue weighted by Gasteiger charge is -1.96. The molecule has 0 saturated heterocycles. The monoisotopic (exact) mass is 180 g/mol. The Hall–Kier alpha value is -0.795. The van der Waals surface area contributed by atoms with Crippen molar-refractivity contribution < 1.29 is 10.0 Å². The maximum absolute atomic E-state index is 7.12. The van der Waals surface area contributed by atoms with Crippen LogP contribution in [0.4, 0.5) is 0 Å². The predicted octanol–water partition coefficient (Wildman–Crippen LogP) is 1.27. The Kier molecular flexibility index (Phi) is 8.73. The molecule has 1 aromatic rings. The quantitative estimate of drug-likeness (QED) is 0.687. The molecule has 3 heteroatoms. The van der Waals surface area contributed by atoms with Gasteiger partial charge >= 0.3 is 7.69 Å². The molecule has 0 unspecified atom stereocenters. The highest BCUT2D eigenvalue weighted by molar-refractivity contribution is 6.13. The van der Waals surface area contributed by atoms with Crippen molar-refractivity contribution in [3.05, 3.63) is 35.9 Å². The highest BCUT2D eigenvalue weighted by Crippen LogP contribution is 2.03. The minimum absolute atomic E-state index is 0.750. The zero-order valence-corrected chi connectivity index (χ0v) is 8.11. The van der Waals surface area contributed by atoms with Gasteiger partial charge in [0.05, 0.1) is 0 Å². The molecule has 13 heavy (non-hydrogen) atoms. The first-order valence-electron chi connectivity index (χ1n) is 4.60. The van der Waals surface area contributed by atoms with Gasteiger partial charge in [-0.25, -0.2) is 0 Å². The van der Waals surface area contributed by atoms with E-state index in [0.29, 0.717) is 0 Å². The van der Waals surface area contributed by atoms with E-state index in [1.165, 1.54) is 24.8 Å². The summed E-state index contributed by atoms with van der Waals surface area (Å²) in [7, 11) is -0.750. The molecule has 0 fully saturated rings. The van der Waals surface area contributed by atoms with Crippen LogP contribution in [0.5, 0.6) is 0 Å². The third-order valence-corrected chi connectivity index (χ3v) is 1.66. The van der Waals surface area contributed by atoms with Gasteiger partial charge in [-0.15, -0.1) is 0 Å². The van der Waals surface area contributed by atoms with E-state index in [1.807, 2.05) is 0 Å². The number of unbranched alkanes of at least 4 members (excludes halogenated alkanes) is 1. The molecule has 0 aliphatic carbocycles. The Labute approximate surface area is 80.5 Å². The van der Waals surface area contributed by atoms with Gasteiger partial charge in [0.25, 0.3) is 0 Å². The standard InChI is InChI=1S/C10H14.BH3O2/c1-2-3-7-10-8-5-4-6-9-10;2-1-3/h4-6,8-9H,2-3,7H2,1H3;1-3H. The molecule has 0 saturated carbocycles. The minimum Gasteiger partial charge on any atom is -0.430 e. The van der Waals surface area contributed by atoms with Gasteiger partial charge in [-0.3, -0.25) is 0 Å². The average molecular weight is 180 g/mol. The molecule has 0 spiro atoms. The van der Waals surface area contributed by atoms with Crippen LogP contribution in [0.15, 0.2) is 30.3 Å².